The van der Waals surface area contributed by atoms with Crippen LogP contribution in [0.2, 0.25) is 0 Å². The van der Waals surface area contributed by atoms with Gasteiger partial charge in [-0.25, -0.2) is 4.98 Å². The Morgan fingerprint density at radius 3 is 2.25 bits per heavy atom. The largest absolute Gasteiger partial charge is 0.245 e. The molecule has 0 saturated carbocycles. The second-order valence-corrected chi connectivity index (χ2v) is 6.82. The molecular formula is C16H10BrNS2. The van der Waals surface area contributed by atoms with Crippen molar-refractivity contribution in [2.24, 2.45) is 0 Å². The molecule has 0 radical (unpaired) electrons. The number of benzene rings is 2. The lowest BCUT2D eigenvalue weighted by Crippen LogP contribution is -1.84. The summed E-state index contributed by atoms with van der Waals surface area (Å²) in [7, 11) is 0. The summed E-state index contributed by atoms with van der Waals surface area (Å²) in [4.78, 5) is 4.55. The SMILES string of the molecule is S=c1sc(-c2ccc(Br)cc2)ncc1-c1ccccc1. The lowest BCUT2D eigenvalue weighted by atomic mass is 10.1. The molecule has 0 fully saturated rings. The predicted molar refractivity (Wildman–Crippen MR) is 91.5 cm³/mol. The first-order chi connectivity index (χ1) is 9.74. The smallest absolute Gasteiger partial charge is 0.124 e. The molecule has 1 nitrogen and oxygen atoms in total. The summed E-state index contributed by atoms with van der Waals surface area (Å²) in [6.07, 6.45) is 1.87. The zero-order valence-electron chi connectivity index (χ0n) is 10.4. The van der Waals surface area contributed by atoms with Crippen molar-refractivity contribution in [1.82, 2.24) is 4.98 Å². The summed E-state index contributed by atoms with van der Waals surface area (Å²) < 4.78 is 1.93. The monoisotopic (exact) mass is 359 g/mol. The summed E-state index contributed by atoms with van der Waals surface area (Å²) in [6, 6.07) is 18.2. The minimum Gasteiger partial charge on any atom is -0.245 e. The number of nitrogens with zero attached hydrogens (tertiary/aromatic N) is 1. The first kappa shape index (κ1) is 13.6. The van der Waals surface area contributed by atoms with Gasteiger partial charge in [-0.05, 0) is 17.7 Å². The van der Waals surface area contributed by atoms with Crippen molar-refractivity contribution in [2.75, 3.05) is 0 Å². The van der Waals surface area contributed by atoms with Crippen LogP contribution in [-0.2, 0) is 0 Å². The van der Waals surface area contributed by atoms with Crippen LogP contribution in [0.1, 0.15) is 0 Å². The molecule has 0 N–H and O–H groups in total. The van der Waals surface area contributed by atoms with Crippen molar-refractivity contribution in [3.05, 3.63) is 69.1 Å². The van der Waals surface area contributed by atoms with E-state index in [1.165, 1.54) is 0 Å². The molecule has 20 heavy (non-hydrogen) atoms. The summed E-state index contributed by atoms with van der Waals surface area (Å²) in [5.74, 6) is 0. The van der Waals surface area contributed by atoms with E-state index in [1.807, 2.05) is 48.7 Å². The highest BCUT2D eigenvalue weighted by atomic mass is 79.9. The van der Waals surface area contributed by atoms with Crippen LogP contribution in [0.15, 0.2) is 65.3 Å². The Morgan fingerprint density at radius 2 is 1.60 bits per heavy atom. The van der Waals surface area contributed by atoms with Gasteiger partial charge in [-0.3, -0.25) is 0 Å². The van der Waals surface area contributed by atoms with Gasteiger partial charge in [-0.15, -0.1) is 11.3 Å². The van der Waals surface area contributed by atoms with Crippen molar-refractivity contribution in [2.45, 2.75) is 0 Å². The molecule has 0 bridgehead atoms. The number of halogens is 1. The Bertz CT molecular complexity index is 780. The van der Waals surface area contributed by atoms with Crippen LogP contribution >= 0.6 is 39.5 Å². The molecule has 1 heterocycles. The van der Waals surface area contributed by atoms with Gasteiger partial charge in [0.15, 0.2) is 0 Å². The van der Waals surface area contributed by atoms with Gasteiger partial charge in [-0.1, -0.05) is 70.6 Å². The zero-order valence-corrected chi connectivity index (χ0v) is 13.6. The van der Waals surface area contributed by atoms with Crippen LogP contribution in [-0.4, -0.2) is 4.98 Å². The minimum atomic E-state index is 0.865. The molecule has 0 atom stereocenters. The third kappa shape index (κ3) is 2.87. The summed E-state index contributed by atoms with van der Waals surface area (Å²) in [5, 5.41) is 0.946. The van der Waals surface area contributed by atoms with E-state index in [2.05, 4.69) is 33.0 Å². The van der Waals surface area contributed by atoms with Crippen LogP contribution in [0.25, 0.3) is 21.7 Å². The molecule has 0 spiro atoms. The highest BCUT2D eigenvalue weighted by Gasteiger charge is 2.05. The lowest BCUT2D eigenvalue weighted by molar-refractivity contribution is 1.37. The summed E-state index contributed by atoms with van der Waals surface area (Å²) in [6.45, 7) is 0. The van der Waals surface area contributed by atoms with Crippen LogP contribution in [0.5, 0.6) is 0 Å². The fourth-order valence-electron chi connectivity index (χ4n) is 1.88. The number of hydrogen-bond donors (Lipinski definition) is 0. The van der Waals surface area contributed by atoms with E-state index < -0.39 is 0 Å². The molecule has 1 aromatic heterocycles. The molecule has 4 heteroatoms. The van der Waals surface area contributed by atoms with Gasteiger partial charge < -0.3 is 0 Å². The first-order valence-electron chi connectivity index (χ1n) is 6.05. The molecule has 0 aliphatic heterocycles. The summed E-state index contributed by atoms with van der Waals surface area (Å²) >= 11 is 10.5. The molecule has 0 aliphatic rings. The third-order valence-electron chi connectivity index (χ3n) is 2.90. The molecule has 3 aromatic rings. The maximum atomic E-state index is 5.52. The maximum Gasteiger partial charge on any atom is 0.124 e. The average Bonchev–Trinajstić information content (AvgIpc) is 2.49. The maximum absolute atomic E-state index is 5.52. The highest BCUT2D eigenvalue weighted by Crippen LogP contribution is 2.29. The van der Waals surface area contributed by atoms with Crippen LogP contribution in [0.4, 0.5) is 0 Å². The van der Waals surface area contributed by atoms with Crippen LogP contribution in [0, 0.1) is 3.82 Å². The Hall–Kier alpha value is -1.36. The molecule has 0 aliphatic carbocycles. The Balaban J connectivity index is 2.04. The van der Waals surface area contributed by atoms with Crippen molar-refractivity contribution < 1.29 is 0 Å². The van der Waals surface area contributed by atoms with E-state index in [1.54, 1.807) is 11.3 Å². The predicted octanol–water partition coefficient (Wildman–Crippen LogP) is 5.97. The topological polar surface area (TPSA) is 12.9 Å². The number of hydrogen-bond acceptors (Lipinski definition) is 3. The van der Waals surface area contributed by atoms with Gasteiger partial charge in [0, 0.05) is 21.8 Å². The molecule has 0 amide bonds. The van der Waals surface area contributed by atoms with E-state index >= 15 is 0 Å². The van der Waals surface area contributed by atoms with E-state index in [9.17, 15) is 0 Å². The van der Waals surface area contributed by atoms with E-state index in [-0.39, 0.29) is 0 Å². The first-order valence-corrected chi connectivity index (χ1v) is 8.07. The minimum absolute atomic E-state index is 0.865. The Labute approximate surface area is 135 Å². The van der Waals surface area contributed by atoms with Gasteiger partial charge in [0.1, 0.15) is 8.83 Å². The molecular weight excluding hydrogens is 350 g/mol. The van der Waals surface area contributed by atoms with Gasteiger partial charge in [0.25, 0.3) is 0 Å². The fraction of sp³-hybridized carbons (Fsp3) is 0. The fourth-order valence-corrected chi connectivity index (χ4v) is 3.37. The molecule has 3 rings (SSSR count). The van der Waals surface area contributed by atoms with Crippen LogP contribution < -0.4 is 0 Å². The molecule has 0 saturated heterocycles. The number of aromatic nitrogens is 1. The summed E-state index contributed by atoms with van der Waals surface area (Å²) in [5.41, 5.74) is 3.22. The van der Waals surface area contributed by atoms with Gasteiger partial charge in [0.05, 0.1) is 0 Å². The normalized spacial score (nSPS) is 10.4. The van der Waals surface area contributed by atoms with Crippen molar-refractivity contribution in [1.29, 1.82) is 0 Å². The van der Waals surface area contributed by atoms with Crippen LogP contribution in [0.3, 0.4) is 0 Å². The second kappa shape index (κ2) is 5.95. The molecule has 2 aromatic carbocycles. The quantitative estimate of drug-likeness (QED) is 0.522. The van der Waals surface area contributed by atoms with Crippen molar-refractivity contribution in [3.63, 3.8) is 0 Å². The van der Waals surface area contributed by atoms with Gasteiger partial charge >= 0.3 is 0 Å². The van der Waals surface area contributed by atoms with E-state index in [0.29, 0.717) is 0 Å². The Kier molecular flexibility index (Phi) is 4.05. The highest BCUT2D eigenvalue weighted by molar-refractivity contribution is 9.10. The lowest BCUT2D eigenvalue weighted by Gasteiger charge is -2.04. The average molecular weight is 360 g/mol. The van der Waals surface area contributed by atoms with E-state index in [4.69, 9.17) is 12.2 Å². The van der Waals surface area contributed by atoms with E-state index in [0.717, 1.165) is 30.0 Å². The van der Waals surface area contributed by atoms with Crippen molar-refractivity contribution >= 4 is 39.5 Å². The van der Waals surface area contributed by atoms with Gasteiger partial charge in [0.2, 0.25) is 0 Å². The Morgan fingerprint density at radius 1 is 0.900 bits per heavy atom. The third-order valence-corrected chi connectivity index (χ3v) is 4.83. The zero-order chi connectivity index (χ0) is 13.9. The van der Waals surface area contributed by atoms with Crippen molar-refractivity contribution in [3.8, 4) is 21.7 Å². The molecule has 0 unspecified atom stereocenters. The second-order valence-electron chi connectivity index (χ2n) is 4.24. The van der Waals surface area contributed by atoms with Gasteiger partial charge in [-0.2, -0.15) is 0 Å². The molecule has 98 valence electrons. The number of rotatable bonds is 2. The standard InChI is InChI=1S/C16H10BrNS2/c17-13-8-6-12(7-9-13)15-18-10-14(16(19)20-15)11-4-2-1-3-5-11/h1-10H.